The third kappa shape index (κ3) is 4.74. The van der Waals surface area contributed by atoms with Gasteiger partial charge in [-0.2, -0.15) is 11.8 Å². The second-order valence-electron chi connectivity index (χ2n) is 7.71. The van der Waals surface area contributed by atoms with Crippen LogP contribution in [-0.2, 0) is 9.53 Å². The zero-order valence-corrected chi connectivity index (χ0v) is 19.9. The minimum Gasteiger partial charge on any atom is -0.496 e. The SMILES string of the molecule is COC(=O)[C@H](CCSC)N=Cc1cccc2cccc(-c3c(OC)ccc4ccccc34)c12. The molecule has 4 nitrogen and oxygen atoms in total. The Bertz CT molecular complexity index is 1310. The first-order chi connectivity index (χ1) is 16.2. The van der Waals surface area contributed by atoms with E-state index in [4.69, 9.17) is 9.47 Å². The Morgan fingerprint density at radius 3 is 2.48 bits per heavy atom. The van der Waals surface area contributed by atoms with E-state index in [0.717, 1.165) is 49.7 Å². The molecule has 1 atom stereocenters. The van der Waals surface area contributed by atoms with Crippen LogP contribution in [0.1, 0.15) is 12.0 Å². The summed E-state index contributed by atoms with van der Waals surface area (Å²) >= 11 is 1.69. The quantitative estimate of drug-likeness (QED) is 0.227. The van der Waals surface area contributed by atoms with Gasteiger partial charge in [-0.15, -0.1) is 0 Å². The Labute approximate surface area is 198 Å². The zero-order chi connectivity index (χ0) is 23.2. The Morgan fingerprint density at radius 2 is 1.73 bits per heavy atom. The van der Waals surface area contributed by atoms with Crippen LogP contribution in [0, 0.1) is 0 Å². The number of fused-ring (bicyclic) bond motifs is 2. The van der Waals surface area contributed by atoms with E-state index in [-0.39, 0.29) is 5.97 Å². The van der Waals surface area contributed by atoms with Gasteiger partial charge in [0, 0.05) is 17.3 Å². The summed E-state index contributed by atoms with van der Waals surface area (Å²) in [5, 5.41) is 4.46. The molecular formula is C28H27NO3S. The van der Waals surface area contributed by atoms with E-state index >= 15 is 0 Å². The lowest BCUT2D eigenvalue weighted by Gasteiger charge is -2.16. The fourth-order valence-electron chi connectivity index (χ4n) is 4.17. The molecule has 0 spiro atoms. The molecule has 5 heteroatoms. The van der Waals surface area contributed by atoms with Crippen LogP contribution in [-0.4, -0.2) is 44.5 Å². The molecule has 4 aromatic carbocycles. The molecule has 0 heterocycles. The smallest absolute Gasteiger partial charge is 0.330 e. The first-order valence-electron chi connectivity index (χ1n) is 10.9. The van der Waals surface area contributed by atoms with Crippen LogP contribution < -0.4 is 4.74 Å². The number of benzene rings is 4. The third-order valence-corrected chi connectivity index (χ3v) is 6.42. The molecule has 4 aromatic rings. The predicted molar refractivity (Wildman–Crippen MR) is 140 cm³/mol. The first kappa shape index (κ1) is 22.9. The number of hydrogen-bond acceptors (Lipinski definition) is 5. The lowest BCUT2D eigenvalue weighted by molar-refractivity contribution is -0.142. The van der Waals surface area contributed by atoms with Crippen molar-refractivity contribution in [3.63, 3.8) is 0 Å². The number of nitrogens with zero attached hydrogens (tertiary/aromatic N) is 1. The predicted octanol–water partition coefficient (Wildman–Crippen LogP) is 6.38. The number of rotatable bonds is 8. The minimum atomic E-state index is -0.517. The number of ether oxygens (including phenoxy) is 2. The average Bonchev–Trinajstić information content (AvgIpc) is 2.87. The van der Waals surface area contributed by atoms with Gasteiger partial charge < -0.3 is 9.47 Å². The largest absolute Gasteiger partial charge is 0.496 e. The Hall–Kier alpha value is -3.31. The molecule has 4 rings (SSSR count). The van der Waals surface area contributed by atoms with Crippen molar-refractivity contribution in [2.45, 2.75) is 12.5 Å². The summed E-state index contributed by atoms with van der Waals surface area (Å²) in [6.45, 7) is 0. The lowest BCUT2D eigenvalue weighted by Crippen LogP contribution is -2.21. The van der Waals surface area contributed by atoms with Crippen LogP contribution in [0.15, 0.2) is 77.8 Å². The molecule has 0 aromatic heterocycles. The summed E-state index contributed by atoms with van der Waals surface area (Å²) in [6, 6.07) is 24.3. The van der Waals surface area contributed by atoms with Gasteiger partial charge in [0.25, 0.3) is 0 Å². The number of hydrogen-bond donors (Lipinski definition) is 0. The van der Waals surface area contributed by atoms with E-state index in [1.54, 1.807) is 18.9 Å². The maximum absolute atomic E-state index is 12.3. The highest BCUT2D eigenvalue weighted by Gasteiger charge is 2.18. The van der Waals surface area contributed by atoms with Gasteiger partial charge in [0.2, 0.25) is 0 Å². The number of methoxy groups -OCH3 is 2. The van der Waals surface area contributed by atoms with Gasteiger partial charge in [0.15, 0.2) is 0 Å². The maximum atomic E-state index is 12.3. The van der Waals surface area contributed by atoms with Crippen molar-refractivity contribution in [3.8, 4) is 16.9 Å². The molecule has 33 heavy (non-hydrogen) atoms. The van der Waals surface area contributed by atoms with E-state index < -0.39 is 6.04 Å². The summed E-state index contributed by atoms with van der Waals surface area (Å²) in [5.41, 5.74) is 3.08. The van der Waals surface area contributed by atoms with Crippen LogP contribution >= 0.6 is 11.8 Å². The summed E-state index contributed by atoms with van der Waals surface area (Å²) in [5.74, 6) is 1.35. The average molecular weight is 458 g/mol. The Balaban J connectivity index is 1.92. The molecule has 0 fully saturated rings. The molecule has 168 valence electrons. The van der Waals surface area contributed by atoms with Gasteiger partial charge in [-0.05, 0) is 51.6 Å². The van der Waals surface area contributed by atoms with Crippen LogP contribution in [0.2, 0.25) is 0 Å². The van der Waals surface area contributed by atoms with E-state index in [0.29, 0.717) is 6.42 Å². The standard InChI is InChI=1S/C28H27NO3S/c1-31-25-15-14-19-8-4-5-12-22(19)27(25)23-13-7-10-20-9-6-11-21(26(20)23)18-29-24(16-17-33-3)28(30)32-2/h4-15,18,24H,16-17H2,1-3H3/t24-/m0/s1. The van der Waals surface area contributed by atoms with Crippen LogP contribution in [0.4, 0.5) is 0 Å². The van der Waals surface area contributed by atoms with Crippen molar-refractivity contribution in [1.29, 1.82) is 0 Å². The van der Waals surface area contributed by atoms with Crippen LogP contribution in [0.25, 0.3) is 32.7 Å². The van der Waals surface area contributed by atoms with Crippen LogP contribution in [0.3, 0.4) is 0 Å². The molecule has 0 bridgehead atoms. The van der Waals surface area contributed by atoms with Crippen molar-refractivity contribution in [2.24, 2.45) is 4.99 Å². The molecular weight excluding hydrogens is 430 g/mol. The highest BCUT2D eigenvalue weighted by atomic mass is 32.2. The topological polar surface area (TPSA) is 47.9 Å². The van der Waals surface area contributed by atoms with Gasteiger partial charge in [-0.3, -0.25) is 4.99 Å². The fourth-order valence-corrected chi connectivity index (χ4v) is 4.63. The van der Waals surface area contributed by atoms with E-state index in [1.165, 1.54) is 7.11 Å². The number of thioether (sulfide) groups is 1. The van der Waals surface area contributed by atoms with Gasteiger partial charge in [-0.1, -0.05) is 66.7 Å². The second-order valence-corrected chi connectivity index (χ2v) is 8.70. The van der Waals surface area contributed by atoms with Crippen molar-refractivity contribution >= 4 is 45.5 Å². The molecule has 0 saturated heterocycles. The van der Waals surface area contributed by atoms with Crippen molar-refractivity contribution in [3.05, 3.63) is 78.4 Å². The molecule has 0 N–H and O–H groups in total. The van der Waals surface area contributed by atoms with Crippen LogP contribution in [0.5, 0.6) is 5.75 Å². The van der Waals surface area contributed by atoms with Gasteiger partial charge >= 0.3 is 5.97 Å². The summed E-state index contributed by atoms with van der Waals surface area (Å²) < 4.78 is 10.8. The number of aliphatic imine (C=N–C) groups is 1. The van der Waals surface area contributed by atoms with E-state index in [1.807, 2.05) is 42.8 Å². The fraction of sp³-hybridized carbons (Fsp3) is 0.214. The zero-order valence-electron chi connectivity index (χ0n) is 19.1. The van der Waals surface area contributed by atoms with Crippen molar-refractivity contribution < 1.29 is 14.3 Å². The summed E-state index contributed by atoms with van der Waals surface area (Å²) in [4.78, 5) is 16.9. The van der Waals surface area contributed by atoms with Gasteiger partial charge in [0.1, 0.15) is 11.8 Å². The molecule has 0 saturated carbocycles. The van der Waals surface area contributed by atoms with Gasteiger partial charge in [-0.25, -0.2) is 4.79 Å². The Morgan fingerprint density at radius 1 is 0.970 bits per heavy atom. The highest BCUT2D eigenvalue weighted by Crippen LogP contribution is 2.41. The molecule has 0 unspecified atom stereocenters. The normalized spacial score (nSPS) is 12.3. The molecule has 0 aliphatic carbocycles. The van der Waals surface area contributed by atoms with E-state index in [2.05, 4.69) is 47.5 Å². The first-order valence-corrected chi connectivity index (χ1v) is 12.2. The van der Waals surface area contributed by atoms with Crippen molar-refractivity contribution in [2.75, 3.05) is 26.2 Å². The van der Waals surface area contributed by atoms with Crippen molar-refractivity contribution in [1.82, 2.24) is 0 Å². The molecule has 0 aliphatic rings. The highest BCUT2D eigenvalue weighted by molar-refractivity contribution is 7.98. The minimum absolute atomic E-state index is 0.309. The number of esters is 1. The molecule has 0 amide bonds. The monoisotopic (exact) mass is 457 g/mol. The number of carbonyl (C=O) groups is 1. The maximum Gasteiger partial charge on any atom is 0.330 e. The third-order valence-electron chi connectivity index (χ3n) is 5.78. The summed E-state index contributed by atoms with van der Waals surface area (Å²) in [6.07, 6.45) is 4.47. The number of carbonyl (C=O) groups excluding carboxylic acids is 1. The van der Waals surface area contributed by atoms with Gasteiger partial charge in [0.05, 0.1) is 14.2 Å². The summed E-state index contributed by atoms with van der Waals surface area (Å²) in [7, 11) is 3.11. The second kappa shape index (κ2) is 10.5. The Kier molecular flexibility index (Phi) is 7.30. The molecule has 0 aliphatic heterocycles. The molecule has 0 radical (unpaired) electrons. The van der Waals surface area contributed by atoms with E-state index in [9.17, 15) is 4.79 Å². The lowest BCUT2D eigenvalue weighted by atomic mass is 9.91.